The van der Waals surface area contributed by atoms with Crippen molar-refractivity contribution in [2.24, 2.45) is 0 Å². The zero-order valence-corrected chi connectivity index (χ0v) is 8.40. The molecule has 0 radical (unpaired) electrons. The Morgan fingerprint density at radius 1 is 1.29 bits per heavy atom. The molecule has 1 fully saturated rings. The highest BCUT2D eigenvalue weighted by Crippen LogP contribution is 2.30. The summed E-state index contributed by atoms with van der Waals surface area (Å²) in [5, 5.41) is 7.57. The van der Waals surface area contributed by atoms with Crippen molar-refractivity contribution in [3.8, 4) is 0 Å². The van der Waals surface area contributed by atoms with Gasteiger partial charge in [0.15, 0.2) is 0 Å². The molecule has 74 valence electrons. The SMILES string of the molecule is CC1C(c2ccccc2)OC(=N)N1C. The Labute approximate surface area is 83.8 Å². The Kier molecular flexibility index (Phi) is 2.15. The first kappa shape index (κ1) is 9.06. The molecule has 1 aromatic carbocycles. The summed E-state index contributed by atoms with van der Waals surface area (Å²) in [4.78, 5) is 1.84. The van der Waals surface area contributed by atoms with E-state index in [1.807, 2.05) is 42.3 Å². The van der Waals surface area contributed by atoms with Crippen LogP contribution in [0.25, 0.3) is 0 Å². The number of nitrogens with one attached hydrogen (secondary N) is 1. The van der Waals surface area contributed by atoms with Crippen LogP contribution in [0.1, 0.15) is 18.6 Å². The Morgan fingerprint density at radius 3 is 2.43 bits per heavy atom. The summed E-state index contributed by atoms with van der Waals surface area (Å²) in [7, 11) is 1.88. The highest BCUT2D eigenvalue weighted by molar-refractivity contribution is 5.73. The molecule has 1 aliphatic rings. The maximum atomic E-state index is 7.57. The van der Waals surface area contributed by atoms with Crippen LogP contribution in [-0.4, -0.2) is 24.0 Å². The lowest BCUT2D eigenvalue weighted by Gasteiger charge is -2.16. The van der Waals surface area contributed by atoms with E-state index in [4.69, 9.17) is 10.1 Å². The molecule has 14 heavy (non-hydrogen) atoms. The topological polar surface area (TPSA) is 36.3 Å². The van der Waals surface area contributed by atoms with Crippen LogP contribution in [-0.2, 0) is 4.74 Å². The number of amidine groups is 1. The molecule has 3 nitrogen and oxygen atoms in total. The van der Waals surface area contributed by atoms with Crippen molar-refractivity contribution in [2.75, 3.05) is 7.05 Å². The summed E-state index contributed by atoms with van der Waals surface area (Å²) >= 11 is 0. The predicted octanol–water partition coefficient (Wildman–Crippen LogP) is 2.01. The van der Waals surface area contributed by atoms with Gasteiger partial charge in [0.05, 0.1) is 6.04 Å². The summed E-state index contributed by atoms with van der Waals surface area (Å²) < 4.78 is 5.48. The number of benzene rings is 1. The fourth-order valence-electron chi connectivity index (χ4n) is 1.68. The molecular formula is C11H14N2O. The van der Waals surface area contributed by atoms with E-state index in [9.17, 15) is 0 Å². The second-order valence-corrected chi connectivity index (χ2v) is 3.61. The van der Waals surface area contributed by atoms with Crippen LogP contribution in [0.2, 0.25) is 0 Å². The van der Waals surface area contributed by atoms with Crippen LogP contribution in [0.15, 0.2) is 30.3 Å². The van der Waals surface area contributed by atoms with Gasteiger partial charge in [0.25, 0.3) is 6.02 Å². The van der Waals surface area contributed by atoms with Crippen molar-refractivity contribution < 1.29 is 4.74 Å². The molecule has 1 saturated heterocycles. The molecular weight excluding hydrogens is 176 g/mol. The Balaban J connectivity index is 2.26. The fraction of sp³-hybridized carbons (Fsp3) is 0.364. The number of hydrogen-bond acceptors (Lipinski definition) is 2. The predicted molar refractivity (Wildman–Crippen MR) is 55.2 cm³/mol. The van der Waals surface area contributed by atoms with E-state index in [-0.39, 0.29) is 18.2 Å². The maximum Gasteiger partial charge on any atom is 0.285 e. The number of ether oxygens (including phenoxy) is 1. The molecule has 2 unspecified atom stereocenters. The number of rotatable bonds is 1. The Hall–Kier alpha value is -1.51. The van der Waals surface area contributed by atoms with Gasteiger partial charge in [0.2, 0.25) is 0 Å². The molecule has 0 saturated carbocycles. The molecule has 0 spiro atoms. The van der Waals surface area contributed by atoms with Gasteiger partial charge in [-0.05, 0) is 12.5 Å². The van der Waals surface area contributed by atoms with Crippen molar-refractivity contribution in [3.63, 3.8) is 0 Å². The van der Waals surface area contributed by atoms with Crippen molar-refractivity contribution >= 4 is 6.02 Å². The highest BCUT2D eigenvalue weighted by Gasteiger charge is 2.34. The maximum absolute atomic E-state index is 7.57. The van der Waals surface area contributed by atoms with Gasteiger partial charge in [-0.15, -0.1) is 0 Å². The van der Waals surface area contributed by atoms with Gasteiger partial charge >= 0.3 is 0 Å². The third kappa shape index (κ3) is 1.35. The van der Waals surface area contributed by atoms with Gasteiger partial charge in [0.1, 0.15) is 6.10 Å². The fourth-order valence-corrected chi connectivity index (χ4v) is 1.68. The average Bonchev–Trinajstić information content (AvgIpc) is 2.47. The first-order valence-corrected chi connectivity index (χ1v) is 4.73. The van der Waals surface area contributed by atoms with E-state index in [0.29, 0.717) is 0 Å². The normalized spacial score (nSPS) is 26.4. The van der Waals surface area contributed by atoms with E-state index in [1.165, 1.54) is 0 Å². The summed E-state index contributed by atoms with van der Waals surface area (Å²) in [5.74, 6) is 0. The molecule has 2 rings (SSSR count). The van der Waals surface area contributed by atoms with Crippen LogP contribution < -0.4 is 0 Å². The molecule has 0 aliphatic carbocycles. The minimum atomic E-state index is -0.00583. The van der Waals surface area contributed by atoms with Gasteiger partial charge in [-0.25, -0.2) is 0 Å². The second kappa shape index (κ2) is 3.33. The lowest BCUT2D eigenvalue weighted by atomic mass is 10.0. The zero-order valence-electron chi connectivity index (χ0n) is 8.40. The van der Waals surface area contributed by atoms with E-state index in [0.717, 1.165) is 5.56 Å². The zero-order chi connectivity index (χ0) is 10.1. The lowest BCUT2D eigenvalue weighted by Crippen LogP contribution is -2.27. The number of likely N-dealkylation sites (N-methyl/N-ethyl adjacent to an activating group) is 1. The van der Waals surface area contributed by atoms with Crippen molar-refractivity contribution in [2.45, 2.75) is 19.1 Å². The van der Waals surface area contributed by atoms with Crippen LogP contribution >= 0.6 is 0 Å². The van der Waals surface area contributed by atoms with E-state index >= 15 is 0 Å². The number of hydrogen-bond donors (Lipinski definition) is 1. The summed E-state index contributed by atoms with van der Waals surface area (Å²) in [6.45, 7) is 2.07. The molecule has 0 amide bonds. The van der Waals surface area contributed by atoms with Gasteiger partial charge in [-0.3, -0.25) is 5.41 Å². The average molecular weight is 190 g/mol. The van der Waals surface area contributed by atoms with Crippen LogP contribution in [0.4, 0.5) is 0 Å². The molecule has 0 bridgehead atoms. The molecule has 1 aromatic rings. The Bertz CT molecular complexity index is 336. The number of nitrogens with zero attached hydrogens (tertiary/aromatic N) is 1. The minimum Gasteiger partial charge on any atom is -0.455 e. The molecule has 2 atom stereocenters. The van der Waals surface area contributed by atoms with Gasteiger partial charge in [-0.1, -0.05) is 30.3 Å². The van der Waals surface area contributed by atoms with E-state index in [1.54, 1.807) is 0 Å². The largest absolute Gasteiger partial charge is 0.455 e. The second-order valence-electron chi connectivity index (χ2n) is 3.61. The Morgan fingerprint density at radius 2 is 1.93 bits per heavy atom. The van der Waals surface area contributed by atoms with Crippen LogP contribution in [0.3, 0.4) is 0 Å². The lowest BCUT2D eigenvalue weighted by molar-refractivity contribution is 0.201. The monoisotopic (exact) mass is 190 g/mol. The highest BCUT2D eigenvalue weighted by atomic mass is 16.5. The first-order chi connectivity index (χ1) is 6.70. The molecule has 1 aliphatic heterocycles. The molecule has 0 aromatic heterocycles. The molecule has 1 N–H and O–H groups in total. The van der Waals surface area contributed by atoms with Gasteiger partial charge in [-0.2, -0.15) is 0 Å². The van der Waals surface area contributed by atoms with Crippen LogP contribution in [0.5, 0.6) is 0 Å². The standard InChI is InChI=1S/C11H14N2O/c1-8-10(14-11(12)13(8)2)9-6-4-3-5-7-9/h3-8,10,12H,1-2H3. The van der Waals surface area contributed by atoms with Crippen LogP contribution in [0, 0.1) is 5.41 Å². The smallest absolute Gasteiger partial charge is 0.285 e. The molecule has 1 heterocycles. The van der Waals surface area contributed by atoms with Gasteiger partial charge in [0, 0.05) is 7.05 Å². The summed E-state index contributed by atoms with van der Waals surface area (Å²) in [6.07, 6.45) is -0.00583. The van der Waals surface area contributed by atoms with E-state index < -0.39 is 0 Å². The minimum absolute atomic E-state index is 0.00583. The van der Waals surface area contributed by atoms with Crippen molar-refractivity contribution in [1.82, 2.24) is 4.90 Å². The third-order valence-corrected chi connectivity index (χ3v) is 2.74. The van der Waals surface area contributed by atoms with Crippen molar-refractivity contribution in [3.05, 3.63) is 35.9 Å². The van der Waals surface area contributed by atoms with E-state index in [2.05, 4.69) is 6.92 Å². The van der Waals surface area contributed by atoms with Crippen molar-refractivity contribution in [1.29, 1.82) is 5.41 Å². The summed E-state index contributed by atoms with van der Waals surface area (Å²) in [5.41, 5.74) is 1.13. The third-order valence-electron chi connectivity index (χ3n) is 2.74. The first-order valence-electron chi connectivity index (χ1n) is 4.73. The summed E-state index contributed by atoms with van der Waals surface area (Å²) in [6, 6.07) is 10.5. The van der Waals surface area contributed by atoms with Gasteiger partial charge < -0.3 is 9.64 Å². The quantitative estimate of drug-likeness (QED) is 0.735. The molecule has 3 heteroatoms.